The summed E-state index contributed by atoms with van der Waals surface area (Å²) in [4.78, 5) is 95.9. The molecule has 0 spiro atoms. The number of anilines is 2. The molecular formula is C109H89N3O13. The molecule has 0 aromatic heterocycles. The molecule has 6 amide bonds. The van der Waals surface area contributed by atoms with Crippen LogP contribution in [-0.4, -0.2) is 95.2 Å². The highest BCUT2D eigenvalue weighted by Gasteiger charge is 2.75. The van der Waals surface area contributed by atoms with E-state index in [0.29, 0.717) is 40.8 Å². The molecule has 3 aliphatic heterocycles. The molecule has 16 heteroatoms. The summed E-state index contributed by atoms with van der Waals surface area (Å²) >= 11 is 0. The second-order valence-electron chi connectivity index (χ2n) is 36.4. The summed E-state index contributed by atoms with van der Waals surface area (Å²) in [5.41, 5.74) is 13.0. The van der Waals surface area contributed by atoms with Crippen molar-refractivity contribution in [3.05, 3.63) is 416 Å². The normalized spacial score (nSPS) is 24.9. The predicted molar refractivity (Wildman–Crippen MR) is 473 cm³/mol. The Labute approximate surface area is 723 Å². The van der Waals surface area contributed by atoms with Crippen molar-refractivity contribution in [2.24, 2.45) is 35.5 Å². The third-order valence-corrected chi connectivity index (χ3v) is 30.0. The lowest BCUT2D eigenvalue weighted by molar-refractivity contribution is -0.138. The fraction of sp³-hybridized carbons (Fsp3) is 0.229. The van der Waals surface area contributed by atoms with Crippen LogP contribution < -0.4 is 28.7 Å². The number of imide groups is 3. The SMILES string of the molecule is CN1C(=O)C2C3c4ccccc4C(COc4ccc(C(C)(C)c5ccc(OCC(O)COc6ccc(C(C)(C)c7ccc(OCC89c%10ccccc%10C(c%10ccccc%108)C8C(=O)N(c%10ccc(N%11C(=O)C%12C(C%11=O)C%11(c%13ccc(O)cc%13)c%13ccccc%13C%12(Cc%12ccc(O)cc%12)c%12ccccc%12%11)cc%10)C(=O)C89)cc7)cc6)cc5)cc4)(c4ccccc43)C2C1=O. The van der Waals surface area contributed by atoms with Gasteiger partial charge in [-0.1, -0.05) is 246 Å². The number of hydrogen-bond donors (Lipinski definition) is 3. The van der Waals surface area contributed by atoms with E-state index in [1.165, 1.54) is 14.7 Å². The van der Waals surface area contributed by atoms with Gasteiger partial charge in [0.2, 0.25) is 35.4 Å². The molecular weight excluding hydrogens is 1560 g/mol. The molecule has 7 atom stereocenters. The van der Waals surface area contributed by atoms with Crippen LogP contribution in [0.25, 0.3) is 0 Å². The van der Waals surface area contributed by atoms with Crippen LogP contribution in [0, 0.1) is 35.5 Å². The van der Waals surface area contributed by atoms with Crippen LogP contribution in [-0.2, 0) is 67.7 Å². The third-order valence-electron chi connectivity index (χ3n) is 30.0. The third kappa shape index (κ3) is 10.9. The van der Waals surface area contributed by atoms with Gasteiger partial charge < -0.3 is 34.3 Å². The summed E-state index contributed by atoms with van der Waals surface area (Å²) < 4.78 is 26.0. The number of carbonyl (C=O) groups is 6. The second-order valence-corrected chi connectivity index (χ2v) is 36.4. The van der Waals surface area contributed by atoms with E-state index < -0.39 is 85.9 Å². The van der Waals surface area contributed by atoms with Gasteiger partial charge in [-0.2, -0.15) is 0 Å². The molecule has 0 radical (unpaired) electrons. The van der Waals surface area contributed by atoms with Gasteiger partial charge in [-0.05, 0) is 204 Å². The van der Waals surface area contributed by atoms with Crippen molar-refractivity contribution in [2.75, 3.05) is 43.3 Å². The Kier molecular flexibility index (Phi) is 17.5. The van der Waals surface area contributed by atoms with Gasteiger partial charge in [-0.3, -0.25) is 33.7 Å². The fourth-order valence-electron chi connectivity index (χ4n) is 24.2. The number of likely N-dealkylation sites (tertiary alicyclic amines) is 1. The Balaban J connectivity index is 0.464. The zero-order chi connectivity index (χ0) is 85.5. The Bertz CT molecular complexity index is 6480. The molecule has 0 saturated carbocycles. The van der Waals surface area contributed by atoms with Gasteiger partial charge in [0.05, 0.1) is 63.1 Å². The molecule has 9 aliphatic carbocycles. The minimum atomic E-state index is -1.17. The molecule has 3 fully saturated rings. The van der Waals surface area contributed by atoms with Crippen molar-refractivity contribution in [3.63, 3.8) is 0 Å². The van der Waals surface area contributed by atoms with Gasteiger partial charge in [-0.25, -0.2) is 9.80 Å². The van der Waals surface area contributed by atoms with Gasteiger partial charge in [0, 0.05) is 35.1 Å². The molecule has 13 aromatic carbocycles. The highest BCUT2D eigenvalue weighted by molar-refractivity contribution is 6.26. The van der Waals surface area contributed by atoms with Crippen molar-refractivity contribution in [1.29, 1.82) is 0 Å². The maximum absolute atomic E-state index is 16.2. The average Bonchev–Trinajstić information content (AvgIpc) is 1.58. The number of aromatic hydroxyl groups is 2. The molecule has 25 rings (SSSR count). The number of nitrogens with zero attached hydrogens (tertiary/aromatic N) is 3. The summed E-state index contributed by atoms with van der Waals surface area (Å²) in [7, 11) is 1.61. The smallest absolute Gasteiger partial charge is 0.239 e. The lowest BCUT2D eigenvalue weighted by Crippen LogP contribution is -2.62. The molecule has 16 nitrogen and oxygen atoms in total. The van der Waals surface area contributed by atoms with Crippen LogP contribution in [0.5, 0.6) is 34.5 Å². The van der Waals surface area contributed by atoms with E-state index >= 15 is 19.2 Å². The molecule has 12 aliphatic rings. The number of phenols is 2. The number of amides is 6. The monoisotopic (exact) mass is 1650 g/mol. The van der Waals surface area contributed by atoms with Gasteiger partial charge in [0.15, 0.2) is 0 Å². The van der Waals surface area contributed by atoms with E-state index in [1.807, 2.05) is 170 Å². The molecule has 3 saturated heterocycles. The molecule has 6 bridgehead atoms. The van der Waals surface area contributed by atoms with E-state index in [4.69, 9.17) is 18.9 Å². The first-order chi connectivity index (χ1) is 60.6. The number of benzene rings is 13. The number of carbonyl (C=O) groups excluding carboxylic acids is 6. The highest BCUT2D eigenvalue weighted by Crippen LogP contribution is 2.71. The van der Waals surface area contributed by atoms with Crippen LogP contribution >= 0.6 is 0 Å². The molecule has 7 unspecified atom stereocenters. The van der Waals surface area contributed by atoms with Gasteiger partial charge >= 0.3 is 0 Å². The topological polar surface area (TPSA) is 210 Å². The largest absolute Gasteiger partial charge is 0.508 e. The van der Waals surface area contributed by atoms with Gasteiger partial charge in [0.1, 0.15) is 67.0 Å². The Morgan fingerprint density at radius 2 is 0.648 bits per heavy atom. The number of hydrogen-bond acceptors (Lipinski definition) is 13. The lowest BCUT2D eigenvalue weighted by atomic mass is 9.39. The summed E-state index contributed by atoms with van der Waals surface area (Å²) in [6.07, 6.45) is -0.588. The maximum atomic E-state index is 16.2. The quantitative estimate of drug-likeness (QED) is 0.0573. The number of ether oxygens (including phenoxy) is 4. The lowest BCUT2D eigenvalue weighted by Gasteiger charge is -2.60. The molecule has 3 heterocycles. The van der Waals surface area contributed by atoms with Crippen molar-refractivity contribution >= 4 is 46.8 Å². The minimum Gasteiger partial charge on any atom is -0.508 e. The molecule has 618 valence electrons. The number of aliphatic hydroxyl groups is 1. The average molecular weight is 1650 g/mol. The first kappa shape index (κ1) is 77.1. The maximum Gasteiger partial charge on any atom is 0.239 e. The van der Waals surface area contributed by atoms with Crippen LogP contribution in [0.4, 0.5) is 11.4 Å². The standard InChI is InChI=1S/C109H89N3O13/c1-104(2,66-38-54-76(55-39-66)124-61-107-82-22-10-6-18-78(82)90(79-19-7-11-23-83(79)107)92-94(107)100(118)110(5)98(92)116)64-34-50-74(51-35-64)122-59-73(115)60-123-75-52-36-65(37-53-75)105(3,4)67-40-56-77(57-41-67)125-62-108-84-24-12-8-20-80(84)91(81-21-9-13-25-85(81)108)93-95(108)101(119)111(99(93)117)69-42-44-70(45-43-69)112-102(120)96-97(103(112)121)109(68-32-48-72(114)49-33-68)88-28-16-14-26-86(88)106(96,87-27-15-17-29-89(87)109)58-63-30-46-71(113)47-31-63/h6-57,73,90-97,113-115H,58-62H2,1-5H3. The Morgan fingerprint density at radius 3 is 1.05 bits per heavy atom. The Morgan fingerprint density at radius 1 is 0.328 bits per heavy atom. The first-order valence-corrected chi connectivity index (χ1v) is 43.0. The van der Waals surface area contributed by atoms with E-state index in [9.17, 15) is 24.9 Å². The van der Waals surface area contributed by atoms with E-state index in [2.05, 4.69) is 125 Å². The highest BCUT2D eigenvalue weighted by atomic mass is 16.5. The van der Waals surface area contributed by atoms with E-state index in [-0.39, 0.29) is 73.4 Å². The minimum absolute atomic E-state index is 0.00457. The van der Waals surface area contributed by atoms with Crippen LogP contribution in [0.15, 0.2) is 315 Å². The Hall–Kier alpha value is -14.0. The zero-order valence-electron chi connectivity index (χ0n) is 69.5. The number of aliphatic hydroxyl groups excluding tert-OH is 1. The summed E-state index contributed by atoms with van der Waals surface area (Å²) in [5, 5.41) is 32.4. The van der Waals surface area contributed by atoms with Crippen LogP contribution in [0.3, 0.4) is 0 Å². The molecule has 13 aromatic rings. The van der Waals surface area contributed by atoms with Crippen molar-refractivity contribution in [2.45, 2.75) is 84.5 Å². The number of rotatable bonds is 21. The predicted octanol–water partition coefficient (Wildman–Crippen LogP) is 17.2. The van der Waals surface area contributed by atoms with Gasteiger partial charge in [-0.15, -0.1) is 0 Å². The first-order valence-electron chi connectivity index (χ1n) is 43.0. The summed E-state index contributed by atoms with van der Waals surface area (Å²) in [5.74, 6) is -4.40. The van der Waals surface area contributed by atoms with Crippen LogP contribution in [0.1, 0.15) is 140 Å². The van der Waals surface area contributed by atoms with Crippen molar-refractivity contribution < 1.29 is 63.0 Å². The van der Waals surface area contributed by atoms with Gasteiger partial charge in [0.25, 0.3) is 0 Å². The summed E-state index contributed by atoms with van der Waals surface area (Å²) in [6, 6.07) is 101. The van der Waals surface area contributed by atoms with Crippen molar-refractivity contribution in [3.8, 4) is 34.5 Å². The number of phenolic OH excluding ortho intramolecular Hbond substituents is 2. The zero-order valence-corrected chi connectivity index (χ0v) is 69.5. The van der Waals surface area contributed by atoms with Crippen LogP contribution in [0.2, 0.25) is 0 Å². The van der Waals surface area contributed by atoms with E-state index in [1.54, 1.807) is 55.6 Å². The van der Waals surface area contributed by atoms with Crippen molar-refractivity contribution in [1.82, 2.24) is 4.90 Å². The fourth-order valence-corrected chi connectivity index (χ4v) is 24.2. The van der Waals surface area contributed by atoms with E-state index in [0.717, 1.165) is 100 Å². The second kappa shape index (κ2) is 28.3. The molecule has 3 N–H and O–H groups in total. The summed E-state index contributed by atoms with van der Waals surface area (Å²) in [6.45, 7) is 8.89. The molecule has 125 heavy (non-hydrogen) atoms.